The van der Waals surface area contributed by atoms with E-state index < -0.39 is 0 Å². The van der Waals surface area contributed by atoms with Crippen molar-refractivity contribution in [1.82, 2.24) is 0 Å². The van der Waals surface area contributed by atoms with Gasteiger partial charge >= 0.3 is 0 Å². The van der Waals surface area contributed by atoms with E-state index in [2.05, 4.69) is 6.42 Å². The molecule has 0 heterocycles. The Labute approximate surface area is 57.6 Å². The van der Waals surface area contributed by atoms with E-state index in [1.165, 1.54) is 38.5 Å². The maximum absolute atomic E-state index is 2.62. The molecule has 0 bridgehead atoms. The van der Waals surface area contributed by atoms with Crippen LogP contribution in [-0.4, -0.2) is 0 Å². The summed E-state index contributed by atoms with van der Waals surface area (Å²) in [7, 11) is 0. The molecule has 1 radical (unpaired) electrons. The van der Waals surface area contributed by atoms with E-state index >= 15 is 0 Å². The molecular formula is C9H15. The van der Waals surface area contributed by atoms with Gasteiger partial charge in [0, 0.05) is 0 Å². The summed E-state index contributed by atoms with van der Waals surface area (Å²) in [5.74, 6) is 2.07. The SMILES string of the molecule is [CH](C1CCCC1)C1CC1. The lowest BCUT2D eigenvalue weighted by Crippen LogP contribution is -1.94. The fraction of sp³-hybridized carbons (Fsp3) is 0.889. The van der Waals surface area contributed by atoms with Gasteiger partial charge in [0.05, 0.1) is 0 Å². The number of rotatable bonds is 2. The van der Waals surface area contributed by atoms with Gasteiger partial charge in [0.2, 0.25) is 0 Å². The van der Waals surface area contributed by atoms with E-state index in [-0.39, 0.29) is 0 Å². The molecule has 0 heteroatoms. The van der Waals surface area contributed by atoms with Crippen LogP contribution in [0, 0.1) is 18.3 Å². The van der Waals surface area contributed by atoms with Crippen LogP contribution in [0.1, 0.15) is 38.5 Å². The highest BCUT2D eigenvalue weighted by molar-refractivity contribution is 4.93. The van der Waals surface area contributed by atoms with Gasteiger partial charge in [0.25, 0.3) is 0 Å². The zero-order valence-electron chi connectivity index (χ0n) is 5.97. The van der Waals surface area contributed by atoms with Crippen LogP contribution in [0.4, 0.5) is 0 Å². The average Bonchev–Trinajstić information content (AvgIpc) is 2.46. The highest BCUT2D eigenvalue weighted by Gasteiger charge is 2.26. The van der Waals surface area contributed by atoms with Crippen molar-refractivity contribution in [1.29, 1.82) is 0 Å². The highest BCUT2D eigenvalue weighted by Crippen LogP contribution is 2.39. The Morgan fingerprint density at radius 3 is 1.89 bits per heavy atom. The van der Waals surface area contributed by atoms with Crippen LogP contribution in [0.5, 0.6) is 0 Å². The minimum Gasteiger partial charge on any atom is -0.0530 e. The summed E-state index contributed by atoms with van der Waals surface area (Å²) in [6.45, 7) is 0. The number of hydrogen-bond acceptors (Lipinski definition) is 0. The second-order valence-electron chi connectivity index (χ2n) is 3.57. The van der Waals surface area contributed by atoms with E-state index in [4.69, 9.17) is 0 Å². The van der Waals surface area contributed by atoms with Crippen LogP contribution in [0.25, 0.3) is 0 Å². The minimum atomic E-state index is 1.03. The van der Waals surface area contributed by atoms with Gasteiger partial charge in [0.15, 0.2) is 0 Å². The van der Waals surface area contributed by atoms with Gasteiger partial charge in [-0.3, -0.25) is 0 Å². The van der Waals surface area contributed by atoms with Gasteiger partial charge in [-0.05, 0) is 31.1 Å². The minimum absolute atomic E-state index is 1.03. The molecule has 9 heavy (non-hydrogen) atoms. The summed E-state index contributed by atoms with van der Waals surface area (Å²) in [6, 6.07) is 0. The molecule has 0 spiro atoms. The quantitative estimate of drug-likeness (QED) is 0.529. The second kappa shape index (κ2) is 2.32. The predicted molar refractivity (Wildman–Crippen MR) is 39.0 cm³/mol. The Morgan fingerprint density at radius 2 is 1.33 bits per heavy atom. The van der Waals surface area contributed by atoms with Crippen LogP contribution >= 0.6 is 0 Å². The summed E-state index contributed by atoms with van der Waals surface area (Å²) < 4.78 is 0. The molecule has 0 amide bonds. The second-order valence-corrected chi connectivity index (χ2v) is 3.57. The van der Waals surface area contributed by atoms with Crippen molar-refractivity contribution in [2.24, 2.45) is 11.8 Å². The van der Waals surface area contributed by atoms with Crippen molar-refractivity contribution < 1.29 is 0 Å². The first-order valence-electron chi connectivity index (χ1n) is 4.30. The molecule has 0 aromatic rings. The Kier molecular flexibility index (Phi) is 1.48. The topological polar surface area (TPSA) is 0 Å². The summed E-state index contributed by atoms with van der Waals surface area (Å²) in [5, 5.41) is 0. The van der Waals surface area contributed by atoms with E-state index in [9.17, 15) is 0 Å². The lowest BCUT2D eigenvalue weighted by Gasteiger charge is -2.04. The van der Waals surface area contributed by atoms with Crippen molar-refractivity contribution in [2.75, 3.05) is 0 Å². The van der Waals surface area contributed by atoms with Gasteiger partial charge in [-0.2, -0.15) is 0 Å². The fourth-order valence-electron chi connectivity index (χ4n) is 1.82. The van der Waals surface area contributed by atoms with Crippen molar-refractivity contribution in [3.05, 3.63) is 6.42 Å². The normalized spacial score (nSPS) is 29.3. The summed E-state index contributed by atoms with van der Waals surface area (Å²) in [5.41, 5.74) is 0. The van der Waals surface area contributed by atoms with Crippen molar-refractivity contribution in [3.63, 3.8) is 0 Å². The van der Waals surface area contributed by atoms with Crippen LogP contribution in [0.15, 0.2) is 0 Å². The van der Waals surface area contributed by atoms with Gasteiger partial charge in [0.1, 0.15) is 0 Å². The Balaban J connectivity index is 1.70. The lowest BCUT2D eigenvalue weighted by molar-refractivity contribution is 0.595. The highest BCUT2D eigenvalue weighted by atomic mass is 14.3. The van der Waals surface area contributed by atoms with Gasteiger partial charge in [-0.1, -0.05) is 25.7 Å². The summed E-state index contributed by atoms with van der Waals surface area (Å²) in [6.07, 6.45) is 11.6. The molecule has 0 aromatic heterocycles. The Morgan fingerprint density at radius 1 is 0.778 bits per heavy atom. The molecule has 2 fully saturated rings. The molecular weight excluding hydrogens is 108 g/mol. The molecule has 0 aliphatic heterocycles. The van der Waals surface area contributed by atoms with Crippen molar-refractivity contribution >= 4 is 0 Å². The van der Waals surface area contributed by atoms with E-state index in [0.717, 1.165) is 11.8 Å². The zero-order valence-corrected chi connectivity index (χ0v) is 5.97. The monoisotopic (exact) mass is 123 g/mol. The molecule has 0 unspecified atom stereocenters. The molecule has 0 atom stereocenters. The molecule has 2 aliphatic carbocycles. The van der Waals surface area contributed by atoms with Crippen molar-refractivity contribution in [3.8, 4) is 0 Å². The number of hydrogen-bond donors (Lipinski definition) is 0. The van der Waals surface area contributed by atoms with Gasteiger partial charge in [-0.15, -0.1) is 0 Å². The summed E-state index contributed by atoms with van der Waals surface area (Å²) in [4.78, 5) is 0. The first-order valence-corrected chi connectivity index (χ1v) is 4.30. The van der Waals surface area contributed by atoms with Gasteiger partial charge < -0.3 is 0 Å². The molecule has 2 rings (SSSR count). The van der Waals surface area contributed by atoms with Crippen LogP contribution in [-0.2, 0) is 0 Å². The predicted octanol–water partition coefficient (Wildman–Crippen LogP) is 2.79. The van der Waals surface area contributed by atoms with E-state index in [1.54, 1.807) is 0 Å². The smallest absolute Gasteiger partial charge is 0.0324 e. The third kappa shape index (κ3) is 1.47. The van der Waals surface area contributed by atoms with Crippen LogP contribution in [0.2, 0.25) is 0 Å². The Bertz CT molecular complexity index is 86.2. The zero-order chi connectivity index (χ0) is 6.10. The van der Waals surface area contributed by atoms with Crippen LogP contribution in [0.3, 0.4) is 0 Å². The van der Waals surface area contributed by atoms with Crippen molar-refractivity contribution in [2.45, 2.75) is 38.5 Å². The molecule has 0 N–H and O–H groups in total. The average molecular weight is 123 g/mol. The maximum Gasteiger partial charge on any atom is -0.0324 e. The lowest BCUT2D eigenvalue weighted by atomic mass is 10.0. The molecule has 0 nitrogen and oxygen atoms in total. The van der Waals surface area contributed by atoms with E-state index in [1.807, 2.05) is 0 Å². The molecule has 51 valence electrons. The first kappa shape index (κ1) is 5.76. The Hall–Kier alpha value is 0. The summed E-state index contributed by atoms with van der Waals surface area (Å²) >= 11 is 0. The largest absolute Gasteiger partial charge is 0.0530 e. The van der Waals surface area contributed by atoms with Crippen LogP contribution < -0.4 is 0 Å². The van der Waals surface area contributed by atoms with Gasteiger partial charge in [-0.25, -0.2) is 0 Å². The molecule has 2 saturated carbocycles. The molecule has 0 saturated heterocycles. The van der Waals surface area contributed by atoms with E-state index in [0.29, 0.717) is 0 Å². The third-order valence-corrected chi connectivity index (χ3v) is 2.57. The first-order chi connectivity index (χ1) is 4.45. The molecule has 0 aromatic carbocycles. The molecule has 2 aliphatic rings. The standard InChI is InChI=1S/C9H15/c1-2-4-8(3-1)7-9-5-6-9/h7-9H,1-6H2. The maximum atomic E-state index is 2.62. The third-order valence-electron chi connectivity index (χ3n) is 2.57. The fourth-order valence-corrected chi connectivity index (χ4v) is 1.82.